The maximum atomic E-state index is 13.7. The van der Waals surface area contributed by atoms with Crippen LogP contribution >= 0.6 is 0 Å². The lowest BCUT2D eigenvalue weighted by Gasteiger charge is -2.28. The Balaban J connectivity index is 2.38. The Bertz CT molecular complexity index is 997. The van der Waals surface area contributed by atoms with Gasteiger partial charge in [-0.15, -0.1) is 0 Å². The molecule has 0 spiro atoms. The number of carbonyl (C=O) groups excluding carboxylic acids is 1. The Morgan fingerprint density at radius 2 is 1.89 bits per heavy atom. The van der Waals surface area contributed by atoms with E-state index in [2.05, 4.69) is 5.32 Å². The van der Waals surface area contributed by atoms with E-state index in [0.29, 0.717) is 10.4 Å². The van der Waals surface area contributed by atoms with Gasteiger partial charge in [0.15, 0.2) is 0 Å². The number of nitro groups is 1. The number of benzene rings is 2. The summed E-state index contributed by atoms with van der Waals surface area (Å²) in [6.07, 6.45) is 0.827. The molecule has 0 aromatic heterocycles. The van der Waals surface area contributed by atoms with Crippen LogP contribution in [-0.4, -0.2) is 31.5 Å². The molecule has 2 aromatic rings. The van der Waals surface area contributed by atoms with Crippen molar-refractivity contribution in [2.75, 3.05) is 15.9 Å². The molecule has 144 valence electrons. The summed E-state index contributed by atoms with van der Waals surface area (Å²) in [4.78, 5) is 22.6. The Morgan fingerprint density at radius 1 is 1.22 bits per heavy atom. The zero-order valence-corrected chi connectivity index (χ0v) is 15.0. The fourth-order valence-corrected chi connectivity index (χ4v) is 3.55. The van der Waals surface area contributed by atoms with Gasteiger partial charge < -0.3 is 5.32 Å². The van der Waals surface area contributed by atoms with Crippen LogP contribution < -0.4 is 9.62 Å². The van der Waals surface area contributed by atoms with Gasteiger partial charge in [-0.05, 0) is 25.1 Å². The van der Waals surface area contributed by atoms with Gasteiger partial charge >= 0.3 is 0 Å². The first-order valence-corrected chi connectivity index (χ1v) is 9.35. The summed E-state index contributed by atoms with van der Waals surface area (Å²) in [7, 11) is -4.02. The largest absolute Gasteiger partial charge is 0.322 e. The molecule has 0 unspecified atom stereocenters. The van der Waals surface area contributed by atoms with Gasteiger partial charge in [0.2, 0.25) is 15.9 Å². The molecule has 1 amide bonds. The summed E-state index contributed by atoms with van der Waals surface area (Å²) >= 11 is 0. The molecule has 0 aliphatic rings. The highest BCUT2D eigenvalue weighted by atomic mass is 32.2. The van der Waals surface area contributed by atoms with Crippen molar-refractivity contribution in [3.63, 3.8) is 0 Å². The van der Waals surface area contributed by atoms with Crippen molar-refractivity contribution < 1.29 is 26.9 Å². The summed E-state index contributed by atoms with van der Waals surface area (Å²) in [6.45, 7) is 1.23. The van der Waals surface area contributed by atoms with Crippen LogP contribution in [0.3, 0.4) is 0 Å². The van der Waals surface area contributed by atoms with Crippen molar-refractivity contribution in [3.8, 4) is 0 Å². The van der Waals surface area contributed by atoms with Crippen molar-refractivity contribution in [2.45, 2.75) is 13.0 Å². The second-order valence-corrected chi connectivity index (χ2v) is 7.48. The summed E-state index contributed by atoms with van der Waals surface area (Å²) < 4.78 is 51.7. The molecule has 0 heterocycles. The highest BCUT2D eigenvalue weighted by Crippen LogP contribution is 2.26. The Kier molecular flexibility index (Phi) is 5.74. The van der Waals surface area contributed by atoms with Crippen LogP contribution in [0.1, 0.15) is 6.92 Å². The number of hydrogen-bond acceptors (Lipinski definition) is 5. The molecule has 2 aromatic carbocycles. The van der Waals surface area contributed by atoms with Crippen LogP contribution in [0.4, 0.5) is 25.8 Å². The predicted octanol–water partition coefficient (Wildman–Crippen LogP) is 2.67. The van der Waals surface area contributed by atoms with E-state index in [1.165, 1.54) is 25.1 Å². The standard InChI is InChI=1S/C16H15F2N3O5S/c1-10(16(22)19-15-7-6-11(17)8-14(15)18)20(27(2,25)26)12-4-3-5-13(9-12)21(23)24/h3-10H,1-2H3,(H,19,22)/t10-/m1/s1. The van der Waals surface area contributed by atoms with Crippen LogP contribution in [0.2, 0.25) is 0 Å². The summed E-state index contributed by atoms with van der Waals surface area (Å²) in [5.41, 5.74) is -0.798. The third kappa shape index (κ3) is 4.76. The van der Waals surface area contributed by atoms with E-state index in [1.807, 2.05) is 0 Å². The smallest absolute Gasteiger partial charge is 0.271 e. The minimum atomic E-state index is -4.02. The van der Waals surface area contributed by atoms with E-state index in [0.717, 1.165) is 24.5 Å². The molecule has 1 N–H and O–H groups in total. The molecule has 1 atom stereocenters. The lowest BCUT2D eigenvalue weighted by molar-refractivity contribution is -0.384. The second kappa shape index (κ2) is 7.66. The highest BCUT2D eigenvalue weighted by Gasteiger charge is 2.30. The van der Waals surface area contributed by atoms with E-state index in [-0.39, 0.29) is 17.1 Å². The molecule has 0 aliphatic heterocycles. The molecule has 0 radical (unpaired) electrons. The molecule has 27 heavy (non-hydrogen) atoms. The molecule has 0 saturated carbocycles. The molecule has 0 aliphatic carbocycles. The number of amides is 1. The monoisotopic (exact) mass is 399 g/mol. The first-order chi connectivity index (χ1) is 12.5. The molecule has 0 fully saturated rings. The van der Waals surface area contributed by atoms with Gasteiger partial charge in [-0.3, -0.25) is 19.2 Å². The number of non-ortho nitro benzene ring substituents is 1. The third-order valence-electron chi connectivity index (χ3n) is 3.57. The zero-order chi connectivity index (χ0) is 20.4. The van der Waals surface area contributed by atoms with E-state index < -0.39 is 38.5 Å². The summed E-state index contributed by atoms with van der Waals surface area (Å²) in [5, 5.41) is 13.1. The molecule has 8 nitrogen and oxygen atoms in total. The van der Waals surface area contributed by atoms with Gasteiger partial charge in [-0.2, -0.15) is 0 Å². The fourth-order valence-electron chi connectivity index (χ4n) is 2.38. The second-order valence-electron chi connectivity index (χ2n) is 5.63. The van der Waals surface area contributed by atoms with Crippen LogP contribution in [-0.2, 0) is 14.8 Å². The number of halogens is 2. The topological polar surface area (TPSA) is 110 Å². The first kappa shape index (κ1) is 20.2. The van der Waals surface area contributed by atoms with Crippen LogP contribution in [0.5, 0.6) is 0 Å². The lowest BCUT2D eigenvalue weighted by atomic mass is 10.2. The molecule has 0 bridgehead atoms. The van der Waals surface area contributed by atoms with Crippen molar-refractivity contribution in [2.24, 2.45) is 0 Å². The van der Waals surface area contributed by atoms with Gasteiger partial charge in [0.25, 0.3) is 5.69 Å². The third-order valence-corrected chi connectivity index (χ3v) is 4.81. The minimum Gasteiger partial charge on any atom is -0.322 e. The SMILES string of the molecule is C[C@H](C(=O)Nc1ccc(F)cc1F)N(c1cccc([N+](=O)[O-])c1)S(C)(=O)=O. The molecule has 11 heteroatoms. The number of sulfonamides is 1. The number of carbonyl (C=O) groups is 1. The number of rotatable bonds is 6. The highest BCUT2D eigenvalue weighted by molar-refractivity contribution is 7.92. The van der Waals surface area contributed by atoms with Gasteiger partial charge in [-0.25, -0.2) is 17.2 Å². The maximum Gasteiger partial charge on any atom is 0.271 e. The Labute approximate surface area is 153 Å². The quantitative estimate of drug-likeness (QED) is 0.593. The van der Waals surface area contributed by atoms with Gasteiger partial charge in [0, 0.05) is 18.2 Å². The van der Waals surface area contributed by atoms with Crippen LogP contribution in [0, 0.1) is 21.7 Å². The van der Waals surface area contributed by atoms with E-state index in [1.54, 1.807) is 0 Å². The molecule has 2 rings (SSSR count). The maximum absolute atomic E-state index is 13.7. The normalized spacial score (nSPS) is 12.3. The number of hydrogen-bond donors (Lipinski definition) is 1. The number of nitro benzene ring substituents is 1. The fraction of sp³-hybridized carbons (Fsp3) is 0.188. The molecule has 0 saturated heterocycles. The number of nitrogens with one attached hydrogen (secondary N) is 1. The van der Waals surface area contributed by atoms with Crippen molar-refractivity contribution in [1.82, 2.24) is 0 Å². The van der Waals surface area contributed by atoms with Crippen molar-refractivity contribution in [1.29, 1.82) is 0 Å². The molecular weight excluding hydrogens is 384 g/mol. The van der Waals surface area contributed by atoms with Gasteiger partial charge in [-0.1, -0.05) is 6.07 Å². The van der Waals surface area contributed by atoms with Crippen molar-refractivity contribution >= 4 is 33.0 Å². The number of nitrogens with zero attached hydrogens (tertiary/aromatic N) is 2. The average molecular weight is 399 g/mol. The summed E-state index contributed by atoms with van der Waals surface area (Å²) in [5.74, 6) is -2.78. The van der Waals surface area contributed by atoms with E-state index in [4.69, 9.17) is 0 Å². The van der Waals surface area contributed by atoms with Crippen LogP contribution in [0.15, 0.2) is 42.5 Å². The Morgan fingerprint density at radius 3 is 2.44 bits per heavy atom. The Hall–Kier alpha value is -3.08. The number of anilines is 2. The van der Waals surface area contributed by atoms with Crippen molar-refractivity contribution in [3.05, 3.63) is 64.2 Å². The van der Waals surface area contributed by atoms with Crippen LogP contribution in [0.25, 0.3) is 0 Å². The van der Waals surface area contributed by atoms with Gasteiger partial charge in [0.1, 0.15) is 17.7 Å². The van der Waals surface area contributed by atoms with E-state index >= 15 is 0 Å². The van der Waals surface area contributed by atoms with E-state index in [9.17, 15) is 32.1 Å². The predicted molar refractivity (Wildman–Crippen MR) is 94.9 cm³/mol. The zero-order valence-electron chi connectivity index (χ0n) is 14.2. The average Bonchev–Trinajstić information content (AvgIpc) is 2.56. The summed E-state index contributed by atoms with van der Waals surface area (Å²) in [6, 6.07) is 5.85. The first-order valence-electron chi connectivity index (χ1n) is 7.50. The lowest BCUT2D eigenvalue weighted by Crippen LogP contribution is -2.45. The molecular formula is C16H15F2N3O5S. The van der Waals surface area contributed by atoms with Gasteiger partial charge in [0.05, 0.1) is 22.6 Å². The minimum absolute atomic E-state index is 0.103.